The van der Waals surface area contributed by atoms with Crippen LogP contribution in [-0.2, 0) is 0 Å². The molecule has 1 aromatic heterocycles. The normalized spacial score (nSPS) is 11.1. The van der Waals surface area contributed by atoms with Gasteiger partial charge < -0.3 is 4.98 Å². The van der Waals surface area contributed by atoms with Crippen LogP contribution in [0.5, 0.6) is 0 Å². The van der Waals surface area contributed by atoms with E-state index in [2.05, 4.69) is 35.3 Å². The number of Topliss-reactive ketones (excluding diaryl/α,β-unsaturated/α-hetero) is 1. The predicted molar refractivity (Wildman–Crippen MR) is 91.2 cm³/mol. The summed E-state index contributed by atoms with van der Waals surface area (Å²) in [6, 6.07) is 22.5. The van der Waals surface area contributed by atoms with Crippen molar-refractivity contribution in [3.8, 4) is 11.3 Å². The minimum Gasteiger partial charge on any atom is -0.354 e. The molecule has 22 heavy (non-hydrogen) atoms. The van der Waals surface area contributed by atoms with Gasteiger partial charge in [0.05, 0.1) is 11.3 Å². The second-order valence-electron chi connectivity index (χ2n) is 5.54. The van der Waals surface area contributed by atoms with Crippen LogP contribution in [0.4, 0.5) is 0 Å². The first-order valence-corrected chi connectivity index (χ1v) is 7.35. The van der Waals surface area contributed by atoms with Gasteiger partial charge in [0.1, 0.15) is 0 Å². The molecule has 0 amide bonds. The van der Waals surface area contributed by atoms with Crippen molar-refractivity contribution < 1.29 is 4.79 Å². The first-order valence-electron chi connectivity index (χ1n) is 7.35. The molecule has 2 nitrogen and oxygen atoms in total. The third-order valence-electron chi connectivity index (χ3n) is 4.10. The van der Waals surface area contributed by atoms with Gasteiger partial charge in [0.2, 0.25) is 0 Å². The van der Waals surface area contributed by atoms with Crippen LogP contribution in [0.15, 0.2) is 66.7 Å². The van der Waals surface area contributed by atoms with Gasteiger partial charge in [-0.15, -0.1) is 0 Å². The maximum Gasteiger partial charge on any atom is 0.162 e. The molecule has 2 heteroatoms. The molecule has 106 valence electrons. The quantitative estimate of drug-likeness (QED) is 0.505. The minimum absolute atomic E-state index is 0.0839. The van der Waals surface area contributed by atoms with Gasteiger partial charge in [-0.2, -0.15) is 0 Å². The second-order valence-corrected chi connectivity index (χ2v) is 5.54. The molecule has 0 bridgehead atoms. The molecule has 1 heterocycles. The number of rotatable bonds is 2. The molecule has 0 radical (unpaired) electrons. The van der Waals surface area contributed by atoms with E-state index in [9.17, 15) is 4.79 Å². The van der Waals surface area contributed by atoms with Gasteiger partial charge in [0.25, 0.3) is 0 Å². The number of aromatic amines is 1. The maximum absolute atomic E-state index is 12.2. The topological polar surface area (TPSA) is 32.9 Å². The molecule has 0 aliphatic rings. The molecule has 1 N–H and O–H groups in total. The zero-order chi connectivity index (χ0) is 15.1. The van der Waals surface area contributed by atoms with Crippen molar-refractivity contribution in [2.75, 3.05) is 0 Å². The van der Waals surface area contributed by atoms with E-state index in [1.165, 1.54) is 10.8 Å². The third kappa shape index (κ3) is 1.92. The molecule has 0 atom stereocenters. The highest BCUT2D eigenvalue weighted by Gasteiger charge is 2.16. The molecule has 0 unspecified atom stereocenters. The molecule has 0 saturated heterocycles. The first kappa shape index (κ1) is 12.8. The van der Waals surface area contributed by atoms with Gasteiger partial charge in [-0.1, -0.05) is 54.6 Å². The summed E-state index contributed by atoms with van der Waals surface area (Å²) < 4.78 is 0. The molecule has 4 aromatic rings. The number of hydrogen-bond donors (Lipinski definition) is 1. The van der Waals surface area contributed by atoms with Crippen molar-refractivity contribution in [3.63, 3.8) is 0 Å². The zero-order valence-electron chi connectivity index (χ0n) is 12.3. The molecule has 3 aromatic carbocycles. The fraction of sp³-hybridized carbons (Fsp3) is 0.0500. The highest BCUT2D eigenvalue weighted by Crippen LogP contribution is 2.32. The number of fused-ring (bicyclic) bond motifs is 2. The number of benzene rings is 3. The lowest BCUT2D eigenvalue weighted by Gasteiger charge is -2.04. The lowest BCUT2D eigenvalue weighted by molar-refractivity contribution is 0.102. The van der Waals surface area contributed by atoms with Gasteiger partial charge in [-0.05, 0) is 35.4 Å². The zero-order valence-corrected chi connectivity index (χ0v) is 12.3. The molecule has 4 rings (SSSR count). The lowest BCUT2D eigenvalue weighted by Crippen LogP contribution is -1.94. The Labute approximate surface area is 128 Å². The Kier molecular flexibility index (Phi) is 2.83. The van der Waals surface area contributed by atoms with Crippen LogP contribution in [0.2, 0.25) is 0 Å². The van der Waals surface area contributed by atoms with Crippen LogP contribution in [0.1, 0.15) is 17.3 Å². The van der Waals surface area contributed by atoms with Crippen molar-refractivity contribution in [1.82, 2.24) is 4.98 Å². The highest BCUT2D eigenvalue weighted by atomic mass is 16.1. The number of para-hydroxylation sites is 1. The Morgan fingerprint density at radius 2 is 1.59 bits per heavy atom. The maximum atomic E-state index is 12.2. The number of ketones is 1. The van der Waals surface area contributed by atoms with Crippen molar-refractivity contribution in [3.05, 3.63) is 72.3 Å². The third-order valence-corrected chi connectivity index (χ3v) is 4.10. The number of H-pyrrole nitrogens is 1. The second kappa shape index (κ2) is 4.85. The summed E-state index contributed by atoms with van der Waals surface area (Å²) in [5.74, 6) is 0.0839. The van der Waals surface area contributed by atoms with Gasteiger partial charge >= 0.3 is 0 Å². The standard InChI is InChI=1S/C20H15NO/c1-13(22)19-17-8-4-5-9-18(17)21-20(19)16-11-10-14-6-2-3-7-15(14)12-16/h2-12,21H,1H3. The van der Waals surface area contributed by atoms with Crippen LogP contribution in [0.3, 0.4) is 0 Å². The summed E-state index contributed by atoms with van der Waals surface area (Å²) in [6.45, 7) is 1.63. The van der Waals surface area contributed by atoms with Crippen LogP contribution < -0.4 is 0 Å². The van der Waals surface area contributed by atoms with E-state index in [1.54, 1.807) is 6.92 Å². The summed E-state index contributed by atoms with van der Waals surface area (Å²) in [4.78, 5) is 15.6. The highest BCUT2D eigenvalue weighted by molar-refractivity contribution is 6.12. The molecule has 0 fully saturated rings. The summed E-state index contributed by atoms with van der Waals surface area (Å²) in [7, 11) is 0. The average Bonchev–Trinajstić information content (AvgIpc) is 2.94. The lowest BCUT2D eigenvalue weighted by atomic mass is 10.00. The Morgan fingerprint density at radius 3 is 2.41 bits per heavy atom. The fourth-order valence-corrected chi connectivity index (χ4v) is 3.07. The van der Waals surface area contributed by atoms with Crippen molar-refractivity contribution in [2.24, 2.45) is 0 Å². The van der Waals surface area contributed by atoms with Gasteiger partial charge in [0, 0.05) is 10.9 Å². The summed E-state index contributed by atoms with van der Waals surface area (Å²) in [5, 5.41) is 3.36. The van der Waals surface area contributed by atoms with Gasteiger partial charge in [-0.25, -0.2) is 0 Å². The van der Waals surface area contributed by atoms with Crippen molar-refractivity contribution in [2.45, 2.75) is 6.92 Å². The van der Waals surface area contributed by atoms with Crippen LogP contribution in [0.25, 0.3) is 32.9 Å². The number of aromatic nitrogens is 1. The van der Waals surface area contributed by atoms with E-state index in [4.69, 9.17) is 0 Å². The SMILES string of the molecule is CC(=O)c1c(-c2ccc3ccccc3c2)[nH]c2ccccc12. The average molecular weight is 285 g/mol. The van der Waals surface area contributed by atoms with E-state index in [0.29, 0.717) is 0 Å². The number of hydrogen-bond acceptors (Lipinski definition) is 1. The van der Waals surface area contributed by atoms with Crippen molar-refractivity contribution in [1.29, 1.82) is 0 Å². The first-order chi connectivity index (χ1) is 10.7. The van der Waals surface area contributed by atoms with Crippen LogP contribution in [-0.4, -0.2) is 10.8 Å². The number of nitrogens with one attached hydrogen (secondary N) is 1. The smallest absolute Gasteiger partial charge is 0.162 e. The van der Waals surface area contributed by atoms with E-state index < -0.39 is 0 Å². The summed E-state index contributed by atoms with van der Waals surface area (Å²) >= 11 is 0. The largest absolute Gasteiger partial charge is 0.354 e. The van der Waals surface area contributed by atoms with Crippen LogP contribution in [0, 0.1) is 0 Å². The summed E-state index contributed by atoms with van der Waals surface area (Å²) in [6.07, 6.45) is 0. The Bertz CT molecular complexity index is 1010. The Hall–Kier alpha value is -2.87. The van der Waals surface area contributed by atoms with E-state index >= 15 is 0 Å². The number of carbonyl (C=O) groups excluding carboxylic acids is 1. The molecule has 0 aliphatic heterocycles. The predicted octanol–water partition coefficient (Wildman–Crippen LogP) is 5.19. The van der Waals surface area contributed by atoms with E-state index in [1.807, 2.05) is 36.4 Å². The fourth-order valence-electron chi connectivity index (χ4n) is 3.07. The van der Waals surface area contributed by atoms with Gasteiger partial charge in [0.15, 0.2) is 5.78 Å². The molecular weight excluding hydrogens is 270 g/mol. The molecule has 0 aliphatic carbocycles. The Morgan fingerprint density at radius 1 is 0.864 bits per heavy atom. The molecule has 0 spiro atoms. The van der Waals surface area contributed by atoms with E-state index in [-0.39, 0.29) is 5.78 Å². The monoisotopic (exact) mass is 285 g/mol. The minimum atomic E-state index is 0.0839. The van der Waals surface area contributed by atoms with Crippen LogP contribution >= 0.6 is 0 Å². The van der Waals surface area contributed by atoms with E-state index in [0.717, 1.165) is 27.7 Å². The van der Waals surface area contributed by atoms with Crippen molar-refractivity contribution >= 4 is 27.5 Å². The summed E-state index contributed by atoms with van der Waals surface area (Å²) in [5.41, 5.74) is 3.71. The molecular formula is C20H15NO. The number of carbonyl (C=O) groups is 1. The van der Waals surface area contributed by atoms with Gasteiger partial charge in [-0.3, -0.25) is 4.79 Å². The Balaban J connectivity index is 2.03. The molecule has 0 saturated carbocycles.